The molecule has 0 saturated heterocycles. The monoisotopic (exact) mass is 521 g/mol. The first-order chi connectivity index (χ1) is 17.4. The fraction of sp³-hybridized carbons (Fsp3) is 0.156. The fourth-order valence-electron chi connectivity index (χ4n) is 5.70. The minimum atomic E-state index is -0.474. The molecular weight excluding hydrogens is 495 g/mol. The van der Waals surface area contributed by atoms with Crippen molar-refractivity contribution in [2.24, 2.45) is 0 Å². The van der Waals surface area contributed by atoms with E-state index in [9.17, 15) is 0 Å². The van der Waals surface area contributed by atoms with Gasteiger partial charge in [-0.25, -0.2) is 0 Å². The molecule has 1 aliphatic heterocycles. The summed E-state index contributed by atoms with van der Waals surface area (Å²) >= 11 is 5.91. The standard InChI is InChI=1S/C32H27NS3/c1-21-19-25(20-26-27-29(35-36-30(27)34)31(2,3)33-28(21)26)32(22-13-7-4-8-14-22,23-15-9-5-10-16-23)24-17-11-6-12-18-24/h4-20,33H,1-3H3. The largest absolute Gasteiger partial charge is 0.374 e. The molecule has 1 N–H and O–H groups in total. The van der Waals surface area contributed by atoms with Gasteiger partial charge in [0.25, 0.3) is 0 Å². The first kappa shape index (κ1) is 23.4. The van der Waals surface area contributed by atoms with Gasteiger partial charge in [-0.3, -0.25) is 0 Å². The van der Waals surface area contributed by atoms with Crippen LogP contribution in [0.5, 0.6) is 0 Å². The van der Waals surface area contributed by atoms with Gasteiger partial charge in [0.15, 0.2) is 0 Å². The van der Waals surface area contributed by atoms with Crippen LogP contribution in [0.25, 0.3) is 11.1 Å². The minimum absolute atomic E-state index is 0.151. The highest BCUT2D eigenvalue weighted by atomic mass is 32.9. The molecule has 2 heterocycles. The first-order valence-corrected chi connectivity index (χ1v) is 14.7. The zero-order chi connectivity index (χ0) is 24.9. The average molecular weight is 522 g/mol. The number of aryl methyl sites for hydroxylation is 1. The normalized spacial score (nSPS) is 14.0. The van der Waals surface area contributed by atoms with Gasteiger partial charge in [0.2, 0.25) is 0 Å². The molecule has 6 rings (SSSR count). The van der Waals surface area contributed by atoms with Gasteiger partial charge in [0.05, 0.1) is 15.8 Å². The Kier molecular flexibility index (Phi) is 5.71. The van der Waals surface area contributed by atoms with Crippen molar-refractivity contribution in [3.63, 3.8) is 0 Å². The summed E-state index contributed by atoms with van der Waals surface area (Å²) in [6.45, 7) is 6.73. The molecule has 0 atom stereocenters. The Morgan fingerprint density at radius 3 is 1.69 bits per heavy atom. The van der Waals surface area contributed by atoms with E-state index in [1.807, 2.05) is 0 Å². The van der Waals surface area contributed by atoms with E-state index in [4.69, 9.17) is 12.2 Å². The predicted octanol–water partition coefficient (Wildman–Crippen LogP) is 9.56. The molecule has 0 saturated carbocycles. The summed E-state index contributed by atoms with van der Waals surface area (Å²) in [7, 11) is 3.52. The lowest BCUT2D eigenvalue weighted by molar-refractivity contribution is 0.618. The highest BCUT2D eigenvalue weighted by Crippen LogP contribution is 2.53. The summed E-state index contributed by atoms with van der Waals surface area (Å²) in [6.07, 6.45) is 0. The van der Waals surface area contributed by atoms with Crippen molar-refractivity contribution in [2.75, 3.05) is 5.32 Å². The van der Waals surface area contributed by atoms with Crippen LogP contribution in [0.15, 0.2) is 103 Å². The third-order valence-corrected chi connectivity index (χ3v) is 10.6. The quantitative estimate of drug-likeness (QED) is 0.144. The molecule has 36 heavy (non-hydrogen) atoms. The molecule has 0 radical (unpaired) electrons. The second-order valence-corrected chi connectivity index (χ2v) is 12.8. The maximum Gasteiger partial charge on any atom is 0.110 e. The topological polar surface area (TPSA) is 12.0 Å². The Morgan fingerprint density at radius 1 is 0.694 bits per heavy atom. The molecule has 0 bridgehead atoms. The molecule has 4 aromatic carbocycles. The van der Waals surface area contributed by atoms with Crippen LogP contribution in [-0.4, -0.2) is 0 Å². The molecule has 5 aromatic rings. The smallest absolute Gasteiger partial charge is 0.110 e. The minimum Gasteiger partial charge on any atom is -0.374 e. The van der Waals surface area contributed by atoms with Gasteiger partial charge in [0, 0.05) is 16.8 Å². The number of hydrogen-bond acceptors (Lipinski definition) is 4. The molecule has 1 aliphatic rings. The Bertz CT molecular complexity index is 1500. The zero-order valence-electron chi connectivity index (χ0n) is 20.5. The van der Waals surface area contributed by atoms with E-state index in [-0.39, 0.29) is 5.54 Å². The Hall–Kier alpha value is -3.05. The van der Waals surface area contributed by atoms with Crippen LogP contribution in [-0.2, 0) is 11.0 Å². The zero-order valence-corrected chi connectivity index (χ0v) is 23.0. The van der Waals surface area contributed by atoms with E-state index in [1.54, 1.807) is 20.7 Å². The van der Waals surface area contributed by atoms with Crippen LogP contribution >= 0.6 is 32.9 Å². The lowest BCUT2D eigenvalue weighted by Gasteiger charge is -2.39. The van der Waals surface area contributed by atoms with Crippen LogP contribution in [0.4, 0.5) is 5.69 Å². The number of anilines is 1. The van der Waals surface area contributed by atoms with Gasteiger partial charge in [-0.15, -0.1) is 0 Å². The third kappa shape index (κ3) is 3.51. The molecular formula is C32H27NS3. The lowest BCUT2D eigenvalue weighted by atomic mass is 9.64. The SMILES string of the molecule is Cc1cc(C(c2ccccc2)(c2ccccc2)c2ccccc2)cc2c1NC(C)(C)c1ssc(=S)c1-2. The van der Waals surface area contributed by atoms with Crippen molar-refractivity contribution >= 4 is 38.6 Å². The van der Waals surface area contributed by atoms with Crippen molar-refractivity contribution < 1.29 is 0 Å². The summed E-state index contributed by atoms with van der Waals surface area (Å²) in [6, 6.07) is 37.5. The maximum atomic E-state index is 5.91. The summed E-state index contributed by atoms with van der Waals surface area (Å²) in [5.41, 5.74) is 9.24. The van der Waals surface area contributed by atoms with Crippen molar-refractivity contribution in [1.82, 2.24) is 0 Å². The maximum absolute atomic E-state index is 5.91. The number of fused-ring (bicyclic) bond motifs is 3. The van der Waals surface area contributed by atoms with Crippen LogP contribution < -0.4 is 5.32 Å². The summed E-state index contributed by atoms with van der Waals surface area (Å²) < 4.78 is 0.979. The van der Waals surface area contributed by atoms with E-state index < -0.39 is 5.41 Å². The summed E-state index contributed by atoms with van der Waals surface area (Å²) in [5, 5.41) is 3.84. The van der Waals surface area contributed by atoms with Gasteiger partial charge in [-0.05, 0) is 54.7 Å². The van der Waals surface area contributed by atoms with Crippen LogP contribution in [0.1, 0.15) is 46.5 Å². The van der Waals surface area contributed by atoms with Crippen LogP contribution in [0.3, 0.4) is 0 Å². The molecule has 1 aromatic heterocycles. The average Bonchev–Trinajstić information content (AvgIpc) is 3.30. The number of benzene rings is 4. The molecule has 0 fully saturated rings. The van der Waals surface area contributed by atoms with Gasteiger partial charge in [-0.2, -0.15) is 0 Å². The highest BCUT2D eigenvalue weighted by molar-refractivity contribution is 7.80. The van der Waals surface area contributed by atoms with Crippen LogP contribution in [0.2, 0.25) is 0 Å². The van der Waals surface area contributed by atoms with E-state index >= 15 is 0 Å². The second-order valence-electron chi connectivity index (χ2n) is 9.97. The lowest BCUT2D eigenvalue weighted by Crippen LogP contribution is -2.33. The first-order valence-electron chi connectivity index (χ1n) is 12.2. The van der Waals surface area contributed by atoms with E-state index in [1.165, 1.54) is 49.5 Å². The Labute approximate surface area is 225 Å². The van der Waals surface area contributed by atoms with Gasteiger partial charge >= 0.3 is 0 Å². The van der Waals surface area contributed by atoms with Crippen molar-refractivity contribution in [1.29, 1.82) is 0 Å². The second kappa shape index (κ2) is 8.81. The van der Waals surface area contributed by atoms with Crippen molar-refractivity contribution in [3.05, 3.63) is 140 Å². The number of hydrogen-bond donors (Lipinski definition) is 1. The molecule has 0 spiro atoms. The molecule has 178 valence electrons. The summed E-state index contributed by atoms with van der Waals surface area (Å²) in [4.78, 5) is 1.33. The number of rotatable bonds is 4. The fourth-order valence-corrected chi connectivity index (χ4v) is 8.96. The van der Waals surface area contributed by atoms with Crippen LogP contribution in [0, 0.1) is 10.7 Å². The number of nitrogens with one attached hydrogen (secondary N) is 1. The molecule has 1 nitrogen and oxygen atoms in total. The van der Waals surface area contributed by atoms with E-state index in [0.29, 0.717) is 0 Å². The Balaban J connectivity index is 1.75. The molecule has 0 amide bonds. The molecule has 0 aliphatic carbocycles. The van der Waals surface area contributed by atoms with Crippen molar-refractivity contribution in [3.8, 4) is 11.1 Å². The third-order valence-electron chi connectivity index (χ3n) is 7.30. The van der Waals surface area contributed by atoms with Gasteiger partial charge in [0.1, 0.15) is 3.82 Å². The van der Waals surface area contributed by atoms with E-state index in [2.05, 4.69) is 129 Å². The molecule has 4 heteroatoms. The van der Waals surface area contributed by atoms with Crippen molar-refractivity contribution in [2.45, 2.75) is 31.7 Å². The summed E-state index contributed by atoms with van der Waals surface area (Å²) in [5.74, 6) is 0. The van der Waals surface area contributed by atoms with Gasteiger partial charge in [-0.1, -0.05) is 130 Å². The predicted molar refractivity (Wildman–Crippen MR) is 158 cm³/mol. The Morgan fingerprint density at radius 2 is 1.19 bits per heavy atom. The van der Waals surface area contributed by atoms with Gasteiger partial charge < -0.3 is 5.32 Å². The van der Waals surface area contributed by atoms with E-state index in [0.717, 1.165) is 3.82 Å². The highest BCUT2D eigenvalue weighted by Gasteiger charge is 2.41. The molecule has 0 unspecified atom stereocenters.